The van der Waals surface area contributed by atoms with Crippen LogP contribution in [0.25, 0.3) is 0 Å². The average molecular weight is 149 g/mol. The molecule has 48 valence electrons. The Bertz CT molecular complexity index is 21.7. The molecule has 0 aromatic heterocycles. The minimum absolute atomic E-state index is 0. The van der Waals surface area contributed by atoms with E-state index < -0.39 is 0 Å². The van der Waals surface area contributed by atoms with Crippen LogP contribution in [0, 0.1) is 0 Å². The van der Waals surface area contributed by atoms with Gasteiger partial charge in [-0.1, -0.05) is 0 Å². The summed E-state index contributed by atoms with van der Waals surface area (Å²) in [5.74, 6) is 0. The third-order valence-corrected chi connectivity index (χ3v) is 0.492. The van der Waals surface area contributed by atoms with Crippen LogP contribution in [0.2, 0.25) is 0 Å². The third-order valence-electron chi connectivity index (χ3n) is 0.492. The largest absolute Gasteiger partial charge is 0.382 e. The molecule has 0 spiro atoms. The quantitative estimate of drug-likeness (QED) is 0.423. The maximum atomic E-state index is 4.66. The summed E-state index contributed by atoms with van der Waals surface area (Å²) >= 11 is 0. The van der Waals surface area contributed by atoms with Crippen molar-refractivity contribution in [2.45, 2.75) is 0 Å². The molecule has 0 amide bonds. The van der Waals surface area contributed by atoms with Crippen LogP contribution < -0.4 is 0 Å². The van der Waals surface area contributed by atoms with Gasteiger partial charge in [-0.05, 0) is 0 Å². The van der Waals surface area contributed by atoms with Gasteiger partial charge in [-0.25, -0.2) is 0 Å². The molecule has 0 heterocycles. The molecule has 0 aliphatic heterocycles. The van der Waals surface area contributed by atoms with Gasteiger partial charge in [0.2, 0.25) is 0 Å². The van der Waals surface area contributed by atoms with E-state index in [1.54, 1.807) is 14.2 Å². The number of hydrogen-bond donors (Lipinski definition) is 0. The van der Waals surface area contributed by atoms with Gasteiger partial charge >= 0.3 is 0 Å². The molecule has 0 unspecified atom stereocenters. The number of rotatable bonds is 3. The van der Waals surface area contributed by atoms with Gasteiger partial charge in [0, 0.05) is 30.7 Å². The molecule has 0 aliphatic rings. The second-order valence-corrected chi connectivity index (χ2v) is 0.986. The number of ether oxygens (including phenoxy) is 2. The molecule has 0 aliphatic carbocycles. The predicted molar refractivity (Wildman–Crippen MR) is 23.8 cm³/mol. The Labute approximate surface area is 54.1 Å². The van der Waals surface area contributed by atoms with Crippen LogP contribution in [0.5, 0.6) is 0 Å². The molecule has 7 heavy (non-hydrogen) atoms. The smallest absolute Gasteiger partial charge is 0.0696 e. The van der Waals surface area contributed by atoms with Crippen molar-refractivity contribution in [2.24, 2.45) is 0 Å². The zero-order valence-corrected chi connectivity index (χ0v) is 5.53. The van der Waals surface area contributed by atoms with Crippen LogP contribution >= 0.6 is 0 Å². The summed E-state index contributed by atoms with van der Waals surface area (Å²) in [6, 6.07) is 0. The fourth-order valence-electron chi connectivity index (χ4n) is 0.167. The Kier molecular flexibility index (Phi) is 14.3. The van der Waals surface area contributed by atoms with Gasteiger partial charge in [0.25, 0.3) is 0 Å². The van der Waals surface area contributed by atoms with Gasteiger partial charge in [-0.15, -0.1) is 0 Å². The number of methoxy groups -OCH3 is 2. The first-order valence-electron chi connectivity index (χ1n) is 1.89. The maximum Gasteiger partial charge on any atom is 0.0696 e. The SMILES string of the molecule is COCCOC.[Ni]. The summed E-state index contributed by atoms with van der Waals surface area (Å²) in [7, 11) is 3.30. The average Bonchev–Trinajstić information content (AvgIpc) is 1.61. The van der Waals surface area contributed by atoms with E-state index in [0.29, 0.717) is 13.2 Å². The maximum absolute atomic E-state index is 4.66. The van der Waals surface area contributed by atoms with Crippen LogP contribution in [0.1, 0.15) is 0 Å². The first-order chi connectivity index (χ1) is 2.91. The Morgan fingerprint density at radius 1 is 1.00 bits per heavy atom. The van der Waals surface area contributed by atoms with E-state index in [2.05, 4.69) is 9.47 Å². The van der Waals surface area contributed by atoms with E-state index in [4.69, 9.17) is 0 Å². The minimum Gasteiger partial charge on any atom is -0.382 e. The van der Waals surface area contributed by atoms with E-state index in [1.165, 1.54) is 0 Å². The van der Waals surface area contributed by atoms with Gasteiger partial charge in [0.05, 0.1) is 13.2 Å². The molecule has 0 saturated heterocycles. The van der Waals surface area contributed by atoms with Crippen molar-refractivity contribution >= 4 is 0 Å². The summed E-state index contributed by atoms with van der Waals surface area (Å²) in [5, 5.41) is 0. The molecule has 2 nitrogen and oxygen atoms in total. The van der Waals surface area contributed by atoms with Crippen molar-refractivity contribution in [2.75, 3.05) is 27.4 Å². The molecule has 0 radical (unpaired) electrons. The Morgan fingerprint density at radius 3 is 1.43 bits per heavy atom. The molecular weight excluding hydrogens is 139 g/mol. The van der Waals surface area contributed by atoms with Crippen LogP contribution in [0.3, 0.4) is 0 Å². The summed E-state index contributed by atoms with van der Waals surface area (Å²) in [6.07, 6.45) is 0. The topological polar surface area (TPSA) is 18.5 Å². The van der Waals surface area contributed by atoms with Crippen LogP contribution in [0.15, 0.2) is 0 Å². The molecule has 0 fully saturated rings. The van der Waals surface area contributed by atoms with Crippen molar-refractivity contribution < 1.29 is 26.0 Å². The van der Waals surface area contributed by atoms with Gasteiger partial charge in [-0.3, -0.25) is 0 Å². The van der Waals surface area contributed by atoms with Gasteiger partial charge in [0.1, 0.15) is 0 Å². The van der Waals surface area contributed by atoms with Crippen molar-refractivity contribution in [3.05, 3.63) is 0 Å². The van der Waals surface area contributed by atoms with E-state index >= 15 is 0 Å². The van der Waals surface area contributed by atoms with E-state index in [9.17, 15) is 0 Å². The molecule has 0 atom stereocenters. The van der Waals surface area contributed by atoms with Crippen LogP contribution in [-0.4, -0.2) is 27.4 Å². The molecule has 3 heteroatoms. The van der Waals surface area contributed by atoms with Crippen molar-refractivity contribution in [1.29, 1.82) is 0 Å². The van der Waals surface area contributed by atoms with Crippen LogP contribution in [-0.2, 0) is 26.0 Å². The monoisotopic (exact) mass is 148 g/mol. The molecule has 0 rings (SSSR count). The first kappa shape index (κ1) is 10.4. The van der Waals surface area contributed by atoms with E-state index in [-0.39, 0.29) is 16.5 Å². The zero-order valence-electron chi connectivity index (χ0n) is 4.55. The molecule has 0 aromatic carbocycles. The third kappa shape index (κ3) is 10.7. The molecule has 0 saturated carbocycles. The molecule has 0 aromatic rings. The minimum atomic E-state index is 0. The second kappa shape index (κ2) is 9.65. The van der Waals surface area contributed by atoms with E-state index in [0.717, 1.165) is 0 Å². The van der Waals surface area contributed by atoms with Gasteiger partial charge < -0.3 is 9.47 Å². The standard InChI is InChI=1S/C4H10O2.Ni/c1-5-3-4-6-2;/h3-4H2,1-2H3;. The summed E-state index contributed by atoms with van der Waals surface area (Å²) in [5.41, 5.74) is 0. The number of hydrogen-bond acceptors (Lipinski definition) is 2. The summed E-state index contributed by atoms with van der Waals surface area (Å²) in [4.78, 5) is 0. The fourth-order valence-corrected chi connectivity index (χ4v) is 0.167. The summed E-state index contributed by atoms with van der Waals surface area (Å²) < 4.78 is 9.31. The Balaban J connectivity index is 0. The molecular formula is C4H10NiO2. The van der Waals surface area contributed by atoms with Gasteiger partial charge in [-0.2, -0.15) is 0 Å². The normalized spacial score (nSPS) is 7.71. The first-order valence-corrected chi connectivity index (χ1v) is 1.89. The Morgan fingerprint density at radius 2 is 1.29 bits per heavy atom. The van der Waals surface area contributed by atoms with Crippen molar-refractivity contribution in [3.63, 3.8) is 0 Å². The Hall–Kier alpha value is 0.414. The van der Waals surface area contributed by atoms with Crippen molar-refractivity contribution in [1.82, 2.24) is 0 Å². The summed E-state index contributed by atoms with van der Waals surface area (Å²) in [6.45, 7) is 1.38. The van der Waals surface area contributed by atoms with Gasteiger partial charge in [0.15, 0.2) is 0 Å². The zero-order chi connectivity index (χ0) is 4.83. The molecule has 0 N–H and O–H groups in total. The molecule has 0 bridgehead atoms. The van der Waals surface area contributed by atoms with Crippen LogP contribution in [0.4, 0.5) is 0 Å². The predicted octanol–water partition coefficient (Wildman–Crippen LogP) is 0.277. The van der Waals surface area contributed by atoms with E-state index in [1.807, 2.05) is 0 Å². The fraction of sp³-hybridized carbons (Fsp3) is 1.00. The van der Waals surface area contributed by atoms with Crippen molar-refractivity contribution in [3.8, 4) is 0 Å². The second-order valence-electron chi connectivity index (χ2n) is 0.986.